The smallest absolute Gasteiger partial charge is 0.258 e. The number of nitrogens with one attached hydrogen (secondary N) is 1. The van der Waals surface area contributed by atoms with Crippen molar-refractivity contribution in [3.63, 3.8) is 0 Å². The SMILES string of the molecule is CCC[C@H](NC(=O)COc1ccc(-c2ccc(C#N)cc2)cc1)c1ccccc1. The average molecular weight is 384 g/mol. The molecule has 3 aromatic carbocycles. The lowest BCUT2D eigenvalue weighted by molar-refractivity contribution is -0.123. The molecule has 0 unspecified atom stereocenters. The van der Waals surface area contributed by atoms with E-state index in [-0.39, 0.29) is 18.6 Å². The van der Waals surface area contributed by atoms with Crippen LogP contribution in [0.2, 0.25) is 0 Å². The standard InChI is InChI=1S/C25H24N2O2/c1-2-6-24(22-7-4-3-5-8-22)27-25(28)18-29-23-15-13-21(14-16-23)20-11-9-19(17-26)10-12-20/h3-5,7-16,24H,2,6,18H2,1H3,(H,27,28)/t24-/m0/s1. The minimum absolute atomic E-state index is 0.00365. The lowest BCUT2D eigenvalue weighted by Gasteiger charge is -2.18. The quantitative estimate of drug-likeness (QED) is 0.576. The van der Waals surface area contributed by atoms with Gasteiger partial charge >= 0.3 is 0 Å². The second-order valence-electron chi connectivity index (χ2n) is 6.82. The first kappa shape index (κ1) is 20.2. The van der Waals surface area contributed by atoms with Crippen LogP contribution in [0.5, 0.6) is 5.75 Å². The number of nitriles is 1. The summed E-state index contributed by atoms with van der Waals surface area (Å²) in [5, 5.41) is 12.0. The molecule has 1 N–H and O–H groups in total. The van der Waals surface area contributed by atoms with Crippen LogP contribution in [-0.2, 0) is 4.79 Å². The van der Waals surface area contributed by atoms with E-state index in [4.69, 9.17) is 10.00 Å². The van der Waals surface area contributed by atoms with Crippen LogP contribution in [0.1, 0.15) is 36.9 Å². The summed E-state index contributed by atoms with van der Waals surface area (Å²) in [6, 6.07) is 27.1. The van der Waals surface area contributed by atoms with E-state index in [1.807, 2.05) is 66.7 Å². The van der Waals surface area contributed by atoms with E-state index in [9.17, 15) is 4.79 Å². The van der Waals surface area contributed by atoms with Crippen molar-refractivity contribution in [1.82, 2.24) is 5.32 Å². The Morgan fingerprint density at radius 1 is 0.966 bits per heavy atom. The molecule has 146 valence electrons. The molecular weight excluding hydrogens is 360 g/mol. The van der Waals surface area contributed by atoms with Crippen LogP contribution in [0.4, 0.5) is 0 Å². The van der Waals surface area contributed by atoms with E-state index in [1.54, 1.807) is 12.1 Å². The van der Waals surface area contributed by atoms with E-state index >= 15 is 0 Å². The van der Waals surface area contributed by atoms with Crippen molar-refractivity contribution in [1.29, 1.82) is 5.26 Å². The van der Waals surface area contributed by atoms with E-state index in [1.165, 1.54) is 0 Å². The van der Waals surface area contributed by atoms with Gasteiger partial charge in [0.25, 0.3) is 5.91 Å². The third-order valence-corrected chi connectivity index (χ3v) is 4.69. The molecule has 0 aromatic heterocycles. The maximum atomic E-state index is 12.4. The lowest BCUT2D eigenvalue weighted by Crippen LogP contribution is -2.32. The van der Waals surface area contributed by atoms with Gasteiger partial charge in [-0.1, -0.05) is 67.9 Å². The molecule has 0 aliphatic rings. The van der Waals surface area contributed by atoms with E-state index in [0.29, 0.717) is 11.3 Å². The molecule has 0 spiro atoms. The molecule has 0 heterocycles. The predicted octanol–water partition coefficient (Wildman–Crippen LogP) is 5.26. The molecule has 0 saturated heterocycles. The number of amides is 1. The summed E-state index contributed by atoms with van der Waals surface area (Å²) in [6.45, 7) is 2.08. The first-order valence-electron chi connectivity index (χ1n) is 9.77. The monoisotopic (exact) mass is 384 g/mol. The first-order chi connectivity index (χ1) is 14.2. The Bertz CT molecular complexity index is 958. The summed E-state index contributed by atoms with van der Waals surface area (Å²) >= 11 is 0. The number of ether oxygens (including phenoxy) is 1. The van der Waals surface area contributed by atoms with E-state index in [0.717, 1.165) is 29.5 Å². The van der Waals surface area contributed by atoms with Gasteiger partial charge in [0.2, 0.25) is 0 Å². The Labute approximate surface area is 171 Å². The van der Waals surface area contributed by atoms with Gasteiger partial charge in [-0.15, -0.1) is 0 Å². The third kappa shape index (κ3) is 5.70. The maximum Gasteiger partial charge on any atom is 0.258 e. The molecule has 0 bridgehead atoms. The van der Waals surface area contributed by atoms with Gasteiger partial charge in [-0.2, -0.15) is 5.26 Å². The molecule has 4 heteroatoms. The Morgan fingerprint density at radius 3 is 2.17 bits per heavy atom. The first-order valence-corrected chi connectivity index (χ1v) is 9.77. The number of carbonyl (C=O) groups excluding carboxylic acids is 1. The Kier molecular flexibility index (Phi) is 7.02. The van der Waals surface area contributed by atoms with Crippen LogP contribution in [0, 0.1) is 11.3 Å². The summed E-state index contributed by atoms with van der Waals surface area (Å²) in [4.78, 5) is 12.4. The Morgan fingerprint density at radius 2 is 1.59 bits per heavy atom. The van der Waals surface area contributed by atoms with Crippen molar-refractivity contribution in [2.45, 2.75) is 25.8 Å². The topological polar surface area (TPSA) is 62.1 Å². The predicted molar refractivity (Wildman–Crippen MR) is 114 cm³/mol. The summed E-state index contributed by atoms with van der Waals surface area (Å²) in [7, 11) is 0. The minimum atomic E-state index is -0.136. The molecule has 1 amide bonds. The van der Waals surface area contributed by atoms with Crippen LogP contribution in [0.3, 0.4) is 0 Å². The fourth-order valence-electron chi connectivity index (χ4n) is 3.16. The zero-order valence-electron chi connectivity index (χ0n) is 16.5. The van der Waals surface area contributed by atoms with Crippen LogP contribution in [0.15, 0.2) is 78.9 Å². The molecule has 0 aliphatic carbocycles. The molecule has 29 heavy (non-hydrogen) atoms. The van der Waals surface area contributed by atoms with E-state index < -0.39 is 0 Å². The molecular formula is C25H24N2O2. The second kappa shape index (κ2) is 10.1. The molecule has 1 atom stereocenters. The summed E-state index contributed by atoms with van der Waals surface area (Å²) in [6.07, 6.45) is 1.87. The fourth-order valence-corrected chi connectivity index (χ4v) is 3.16. The van der Waals surface area contributed by atoms with Gasteiger partial charge in [-0.05, 0) is 47.4 Å². The van der Waals surface area contributed by atoms with Crippen molar-refractivity contribution in [3.8, 4) is 22.9 Å². The largest absolute Gasteiger partial charge is 0.484 e. The number of hydrogen-bond donors (Lipinski definition) is 1. The second-order valence-corrected chi connectivity index (χ2v) is 6.82. The van der Waals surface area contributed by atoms with Crippen LogP contribution in [0.25, 0.3) is 11.1 Å². The van der Waals surface area contributed by atoms with Crippen LogP contribution < -0.4 is 10.1 Å². The van der Waals surface area contributed by atoms with Gasteiger partial charge in [0.05, 0.1) is 17.7 Å². The molecule has 4 nitrogen and oxygen atoms in total. The van der Waals surface area contributed by atoms with Gasteiger partial charge in [-0.25, -0.2) is 0 Å². The number of rotatable bonds is 8. The highest BCUT2D eigenvalue weighted by molar-refractivity contribution is 5.78. The van der Waals surface area contributed by atoms with Gasteiger partial charge < -0.3 is 10.1 Å². The average Bonchev–Trinajstić information content (AvgIpc) is 2.78. The van der Waals surface area contributed by atoms with Gasteiger partial charge in [0.15, 0.2) is 6.61 Å². The minimum Gasteiger partial charge on any atom is -0.484 e. The molecule has 3 rings (SSSR count). The lowest BCUT2D eigenvalue weighted by atomic mass is 10.0. The maximum absolute atomic E-state index is 12.4. The van der Waals surface area contributed by atoms with Gasteiger partial charge in [-0.3, -0.25) is 4.79 Å². The van der Waals surface area contributed by atoms with Gasteiger partial charge in [0.1, 0.15) is 5.75 Å². The molecule has 0 radical (unpaired) electrons. The van der Waals surface area contributed by atoms with E-state index in [2.05, 4.69) is 18.3 Å². The highest BCUT2D eigenvalue weighted by Crippen LogP contribution is 2.23. The Hall–Kier alpha value is -3.58. The molecule has 0 aliphatic heterocycles. The van der Waals surface area contributed by atoms with Crippen molar-refractivity contribution in [2.24, 2.45) is 0 Å². The zero-order chi connectivity index (χ0) is 20.5. The zero-order valence-corrected chi connectivity index (χ0v) is 16.5. The third-order valence-electron chi connectivity index (χ3n) is 4.69. The summed E-state index contributed by atoms with van der Waals surface area (Å²) in [5.41, 5.74) is 3.79. The molecule has 3 aromatic rings. The fraction of sp³-hybridized carbons (Fsp3) is 0.200. The van der Waals surface area contributed by atoms with Crippen molar-refractivity contribution in [2.75, 3.05) is 6.61 Å². The van der Waals surface area contributed by atoms with Crippen LogP contribution in [-0.4, -0.2) is 12.5 Å². The van der Waals surface area contributed by atoms with Crippen molar-refractivity contribution in [3.05, 3.63) is 90.0 Å². The molecule has 0 fully saturated rings. The highest BCUT2D eigenvalue weighted by atomic mass is 16.5. The van der Waals surface area contributed by atoms with Crippen molar-refractivity contribution < 1.29 is 9.53 Å². The number of carbonyl (C=O) groups is 1. The van der Waals surface area contributed by atoms with Crippen molar-refractivity contribution >= 4 is 5.91 Å². The number of nitrogens with zero attached hydrogens (tertiary/aromatic N) is 1. The highest BCUT2D eigenvalue weighted by Gasteiger charge is 2.14. The Balaban J connectivity index is 1.56. The summed E-state index contributed by atoms with van der Waals surface area (Å²) in [5.74, 6) is 0.507. The molecule has 0 saturated carbocycles. The van der Waals surface area contributed by atoms with Gasteiger partial charge in [0, 0.05) is 0 Å². The normalized spacial score (nSPS) is 11.3. The summed E-state index contributed by atoms with van der Waals surface area (Å²) < 4.78 is 5.65. The number of benzene rings is 3. The number of hydrogen-bond acceptors (Lipinski definition) is 3. The van der Waals surface area contributed by atoms with Crippen LogP contribution >= 0.6 is 0 Å².